The molecule has 0 atom stereocenters. The minimum atomic E-state index is -0.0799. The highest BCUT2D eigenvalue weighted by Gasteiger charge is 2.21. The van der Waals surface area contributed by atoms with Crippen LogP contribution in [-0.2, 0) is 6.54 Å². The molecule has 2 aromatic rings. The third-order valence-electron chi connectivity index (χ3n) is 4.60. The van der Waals surface area contributed by atoms with Crippen molar-refractivity contribution in [2.45, 2.75) is 13.5 Å². The predicted octanol–water partition coefficient (Wildman–Crippen LogP) is 1.12. The SMILES string of the molecule is CCNC(=NCc1ccc(C(=O)NC)cc1)N1CCN(c2ncccn2)CC1. The number of hydrogen-bond acceptors (Lipinski definition) is 5. The monoisotopic (exact) mass is 381 g/mol. The molecule has 1 aliphatic rings. The van der Waals surface area contributed by atoms with E-state index in [-0.39, 0.29) is 5.91 Å². The molecule has 1 aromatic heterocycles. The topological polar surface area (TPSA) is 85.8 Å². The van der Waals surface area contributed by atoms with Crippen molar-refractivity contribution in [3.8, 4) is 0 Å². The molecule has 148 valence electrons. The highest BCUT2D eigenvalue weighted by atomic mass is 16.1. The Labute approximate surface area is 165 Å². The van der Waals surface area contributed by atoms with Crippen molar-refractivity contribution in [1.82, 2.24) is 25.5 Å². The van der Waals surface area contributed by atoms with E-state index in [1.165, 1.54) is 0 Å². The second kappa shape index (κ2) is 9.68. The van der Waals surface area contributed by atoms with Gasteiger partial charge in [-0.15, -0.1) is 0 Å². The summed E-state index contributed by atoms with van der Waals surface area (Å²) in [7, 11) is 1.63. The molecule has 2 N–H and O–H groups in total. The van der Waals surface area contributed by atoms with E-state index in [2.05, 4.69) is 37.3 Å². The molecule has 0 bridgehead atoms. The molecule has 0 aliphatic carbocycles. The maximum absolute atomic E-state index is 11.6. The summed E-state index contributed by atoms with van der Waals surface area (Å²) in [5.74, 6) is 1.61. The number of guanidine groups is 1. The molecule has 8 heteroatoms. The van der Waals surface area contributed by atoms with Gasteiger partial charge in [-0.3, -0.25) is 4.79 Å². The lowest BCUT2D eigenvalue weighted by molar-refractivity contribution is 0.0963. The third kappa shape index (κ3) is 4.97. The summed E-state index contributed by atoms with van der Waals surface area (Å²) in [6, 6.07) is 9.38. The minimum absolute atomic E-state index is 0.0799. The number of benzene rings is 1. The van der Waals surface area contributed by atoms with Crippen LogP contribution in [0, 0.1) is 0 Å². The Morgan fingerprint density at radius 1 is 1.11 bits per heavy atom. The Kier molecular flexibility index (Phi) is 6.78. The second-order valence-electron chi connectivity index (χ2n) is 6.47. The number of carbonyl (C=O) groups excluding carboxylic acids is 1. The van der Waals surface area contributed by atoms with Gasteiger partial charge in [0.2, 0.25) is 5.95 Å². The van der Waals surface area contributed by atoms with Crippen molar-refractivity contribution in [2.24, 2.45) is 4.99 Å². The summed E-state index contributed by atoms with van der Waals surface area (Å²) in [6.45, 7) is 6.89. The Balaban J connectivity index is 1.61. The lowest BCUT2D eigenvalue weighted by atomic mass is 10.1. The van der Waals surface area contributed by atoms with Crippen molar-refractivity contribution in [1.29, 1.82) is 0 Å². The van der Waals surface area contributed by atoms with Crippen molar-refractivity contribution in [3.05, 3.63) is 53.9 Å². The molecule has 2 heterocycles. The molecule has 1 saturated heterocycles. The van der Waals surface area contributed by atoms with Gasteiger partial charge in [0, 0.05) is 57.7 Å². The highest BCUT2D eigenvalue weighted by Crippen LogP contribution is 2.11. The van der Waals surface area contributed by atoms with Gasteiger partial charge in [0.1, 0.15) is 0 Å². The average molecular weight is 381 g/mol. The van der Waals surface area contributed by atoms with Gasteiger partial charge in [-0.25, -0.2) is 15.0 Å². The molecule has 28 heavy (non-hydrogen) atoms. The first kappa shape index (κ1) is 19.6. The van der Waals surface area contributed by atoms with Crippen LogP contribution in [0.1, 0.15) is 22.8 Å². The molecule has 0 radical (unpaired) electrons. The van der Waals surface area contributed by atoms with Crippen LogP contribution in [-0.4, -0.2) is 66.5 Å². The average Bonchev–Trinajstić information content (AvgIpc) is 2.77. The Hall–Kier alpha value is -3.16. The maximum Gasteiger partial charge on any atom is 0.251 e. The lowest BCUT2D eigenvalue weighted by Gasteiger charge is -2.36. The van der Waals surface area contributed by atoms with Gasteiger partial charge < -0.3 is 20.4 Å². The number of carbonyl (C=O) groups is 1. The molecule has 3 rings (SSSR count). The van der Waals surface area contributed by atoms with Crippen molar-refractivity contribution >= 4 is 17.8 Å². The third-order valence-corrected chi connectivity index (χ3v) is 4.60. The molecular formula is C20H27N7O. The maximum atomic E-state index is 11.6. The number of aliphatic imine (C=N–C) groups is 1. The number of hydrogen-bond donors (Lipinski definition) is 2. The minimum Gasteiger partial charge on any atom is -0.357 e. The quantitative estimate of drug-likeness (QED) is 0.596. The number of anilines is 1. The normalized spacial score (nSPS) is 14.7. The van der Waals surface area contributed by atoms with E-state index < -0.39 is 0 Å². The van der Waals surface area contributed by atoms with Gasteiger partial charge >= 0.3 is 0 Å². The first-order valence-electron chi connectivity index (χ1n) is 9.57. The number of nitrogens with one attached hydrogen (secondary N) is 2. The molecule has 0 unspecified atom stereocenters. The van der Waals surface area contributed by atoms with Gasteiger partial charge in [0.15, 0.2) is 5.96 Å². The van der Waals surface area contributed by atoms with Crippen LogP contribution in [0.25, 0.3) is 0 Å². The largest absolute Gasteiger partial charge is 0.357 e. The van der Waals surface area contributed by atoms with Crippen molar-refractivity contribution in [3.63, 3.8) is 0 Å². The summed E-state index contributed by atoms with van der Waals surface area (Å²) in [5, 5.41) is 6.01. The van der Waals surface area contributed by atoms with Gasteiger partial charge in [-0.05, 0) is 30.7 Å². The van der Waals surface area contributed by atoms with Gasteiger partial charge in [0.25, 0.3) is 5.91 Å². The standard InChI is InChI=1S/C20H27N7O/c1-3-22-19(25-15-16-5-7-17(8-6-16)18(28)21-2)26-11-13-27(14-12-26)20-23-9-4-10-24-20/h4-10H,3,11-15H2,1-2H3,(H,21,28)(H,22,25). The molecule has 1 amide bonds. The van der Waals surface area contributed by atoms with Crippen LogP contribution < -0.4 is 15.5 Å². The molecule has 1 fully saturated rings. The number of aromatic nitrogens is 2. The molecule has 0 saturated carbocycles. The zero-order chi connectivity index (χ0) is 19.8. The summed E-state index contributed by atoms with van der Waals surface area (Å²) < 4.78 is 0. The van der Waals surface area contributed by atoms with E-state index in [1.807, 2.05) is 30.3 Å². The lowest BCUT2D eigenvalue weighted by Crippen LogP contribution is -2.52. The number of piperazine rings is 1. The summed E-state index contributed by atoms with van der Waals surface area (Å²) in [6.07, 6.45) is 3.55. The number of rotatable bonds is 5. The van der Waals surface area contributed by atoms with E-state index in [4.69, 9.17) is 4.99 Å². The molecule has 0 spiro atoms. The molecule has 1 aromatic carbocycles. The summed E-state index contributed by atoms with van der Waals surface area (Å²) in [4.78, 5) is 29.5. The summed E-state index contributed by atoms with van der Waals surface area (Å²) >= 11 is 0. The fourth-order valence-electron chi connectivity index (χ4n) is 3.07. The van der Waals surface area contributed by atoms with Crippen LogP contribution in [0.4, 0.5) is 5.95 Å². The van der Waals surface area contributed by atoms with Crippen LogP contribution >= 0.6 is 0 Å². The van der Waals surface area contributed by atoms with Gasteiger partial charge in [0.05, 0.1) is 6.54 Å². The Morgan fingerprint density at radius 3 is 2.39 bits per heavy atom. The first-order valence-corrected chi connectivity index (χ1v) is 9.57. The van der Waals surface area contributed by atoms with Crippen molar-refractivity contribution < 1.29 is 4.79 Å². The van der Waals surface area contributed by atoms with Crippen molar-refractivity contribution in [2.75, 3.05) is 44.7 Å². The second-order valence-corrected chi connectivity index (χ2v) is 6.47. The Bertz CT molecular complexity index is 784. The van der Waals surface area contributed by atoms with Crippen LogP contribution in [0.2, 0.25) is 0 Å². The van der Waals surface area contributed by atoms with Crippen LogP contribution in [0.5, 0.6) is 0 Å². The van der Waals surface area contributed by atoms with Gasteiger partial charge in [-0.1, -0.05) is 12.1 Å². The van der Waals surface area contributed by atoms with E-state index in [0.29, 0.717) is 12.1 Å². The smallest absolute Gasteiger partial charge is 0.251 e. The predicted molar refractivity (Wildman–Crippen MR) is 110 cm³/mol. The van der Waals surface area contributed by atoms with Gasteiger partial charge in [-0.2, -0.15) is 0 Å². The van der Waals surface area contributed by atoms with Crippen LogP contribution in [0.3, 0.4) is 0 Å². The van der Waals surface area contributed by atoms with Crippen LogP contribution in [0.15, 0.2) is 47.7 Å². The number of nitrogens with zero attached hydrogens (tertiary/aromatic N) is 5. The van der Waals surface area contributed by atoms with E-state index in [0.717, 1.165) is 50.2 Å². The van der Waals surface area contributed by atoms with E-state index in [1.54, 1.807) is 19.4 Å². The summed E-state index contributed by atoms with van der Waals surface area (Å²) in [5.41, 5.74) is 1.72. The molecular weight excluding hydrogens is 354 g/mol. The highest BCUT2D eigenvalue weighted by molar-refractivity contribution is 5.93. The Morgan fingerprint density at radius 2 is 1.79 bits per heavy atom. The molecule has 1 aliphatic heterocycles. The van der Waals surface area contributed by atoms with E-state index >= 15 is 0 Å². The fourth-order valence-corrected chi connectivity index (χ4v) is 3.07. The van der Waals surface area contributed by atoms with E-state index in [9.17, 15) is 4.79 Å². The first-order chi connectivity index (χ1) is 13.7. The number of amides is 1. The zero-order valence-electron chi connectivity index (χ0n) is 16.4. The zero-order valence-corrected chi connectivity index (χ0v) is 16.4. The molecule has 8 nitrogen and oxygen atoms in total. The fraction of sp³-hybridized carbons (Fsp3) is 0.400.